The molecule has 0 saturated heterocycles. The van der Waals surface area contributed by atoms with E-state index in [1.807, 2.05) is 18.2 Å². The fourth-order valence-electron chi connectivity index (χ4n) is 2.28. The van der Waals surface area contributed by atoms with Crippen LogP contribution in [0.25, 0.3) is 11.0 Å². The maximum Gasteiger partial charge on any atom is 0.121 e. The van der Waals surface area contributed by atoms with Gasteiger partial charge in [0.25, 0.3) is 0 Å². The molecule has 0 aliphatic rings. The lowest BCUT2D eigenvalue weighted by molar-refractivity contribution is 0.666. The van der Waals surface area contributed by atoms with Gasteiger partial charge in [0.1, 0.15) is 5.82 Å². The van der Waals surface area contributed by atoms with Crippen LogP contribution in [0.5, 0.6) is 0 Å². The fraction of sp³-hybridized carbons (Fsp3) is 0.235. The van der Waals surface area contributed by atoms with Gasteiger partial charge in [-0.05, 0) is 37.6 Å². The molecule has 0 radical (unpaired) electrons. The van der Waals surface area contributed by atoms with Crippen LogP contribution in [0.15, 0.2) is 48.5 Å². The van der Waals surface area contributed by atoms with E-state index >= 15 is 0 Å². The largest absolute Gasteiger partial charge is 0.341 e. The van der Waals surface area contributed by atoms with Gasteiger partial charge in [-0.2, -0.15) is 0 Å². The van der Waals surface area contributed by atoms with Crippen LogP contribution in [-0.4, -0.2) is 16.5 Å². The number of H-pyrrole nitrogens is 1. The molecule has 0 spiro atoms. The molecule has 0 fully saturated rings. The highest BCUT2D eigenvalue weighted by atomic mass is 15.0. The number of aromatic amines is 1. The van der Waals surface area contributed by atoms with Crippen molar-refractivity contribution < 1.29 is 0 Å². The van der Waals surface area contributed by atoms with Crippen molar-refractivity contribution in [1.29, 1.82) is 0 Å². The number of hydrogen-bond acceptors (Lipinski definition) is 2. The number of aryl methyl sites for hydroxylation is 1. The summed E-state index contributed by atoms with van der Waals surface area (Å²) in [6.07, 6.45) is 1.04. The van der Waals surface area contributed by atoms with Gasteiger partial charge in [-0.25, -0.2) is 4.98 Å². The monoisotopic (exact) mass is 265 g/mol. The zero-order valence-corrected chi connectivity index (χ0v) is 11.7. The predicted octanol–water partition coefficient (Wildman–Crippen LogP) is 3.20. The Kier molecular flexibility index (Phi) is 3.79. The standard InChI is InChI=1S/C17H19N3/c1-13-6-8-14(9-7-13)10-11-18-12-17-19-15-4-2-3-5-16(15)20-17/h2-9,18H,10-12H2,1H3,(H,19,20). The number of imidazole rings is 1. The van der Waals surface area contributed by atoms with Gasteiger partial charge in [0.15, 0.2) is 0 Å². The molecule has 0 amide bonds. The van der Waals surface area contributed by atoms with E-state index in [2.05, 4.69) is 52.5 Å². The minimum Gasteiger partial charge on any atom is -0.341 e. The highest BCUT2D eigenvalue weighted by molar-refractivity contribution is 5.74. The zero-order valence-electron chi connectivity index (χ0n) is 11.7. The van der Waals surface area contributed by atoms with Crippen LogP contribution in [0.4, 0.5) is 0 Å². The number of nitrogens with one attached hydrogen (secondary N) is 2. The second kappa shape index (κ2) is 5.88. The molecule has 3 rings (SSSR count). The number of fused-ring (bicyclic) bond motifs is 1. The summed E-state index contributed by atoms with van der Waals surface area (Å²) >= 11 is 0. The van der Waals surface area contributed by atoms with Crippen molar-refractivity contribution >= 4 is 11.0 Å². The first kappa shape index (κ1) is 12.9. The summed E-state index contributed by atoms with van der Waals surface area (Å²) in [6.45, 7) is 3.85. The van der Waals surface area contributed by atoms with Gasteiger partial charge < -0.3 is 10.3 Å². The van der Waals surface area contributed by atoms with Crippen molar-refractivity contribution in [1.82, 2.24) is 15.3 Å². The molecule has 0 atom stereocenters. The molecule has 0 saturated carbocycles. The van der Waals surface area contributed by atoms with Gasteiger partial charge in [-0.3, -0.25) is 0 Å². The molecule has 0 bridgehead atoms. The SMILES string of the molecule is Cc1ccc(CCNCc2nc3ccccc3[nH]2)cc1. The maximum absolute atomic E-state index is 4.55. The van der Waals surface area contributed by atoms with Gasteiger partial charge in [-0.15, -0.1) is 0 Å². The lowest BCUT2D eigenvalue weighted by atomic mass is 10.1. The highest BCUT2D eigenvalue weighted by Crippen LogP contribution is 2.10. The van der Waals surface area contributed by atoms with Gasteiger partial charge in [0.05, 0.1) is 17.6 Å². The molecule has 3 nitrogen and oxygen atoms in total. The Morgan fingerprint density at radius 1 is 1.05 bits per heavy atom. The Balaban J connectivity index is 1.51. The maximum atomic E-state index is 4.55. The molecule has 1 heterocycles. The number of benzene rings is 2. The average Bonchev–Trinajstić information content (AvgIpc) is 2.88. The van der Waals surface area contributed by atoms with E-state index in [0.29, 0.717) is 0 Å². The topological polar surface area (TPSA) is 40.7 Å². The number of aromatic nitrogens is 2. The van der Waals surface area contributed by atoms with Crippen LogP contribution >= 0.6 is 0 Å². The third-order valence-electron chi connectivity index (χ3n) is 3.44. The normalized spacial score (nSPS) is 11.1. The smallest absolute Gasteiger partial charge is 0.121 e. The van der Waals surface area contributed by atoms with Crippen LogP contribution in [-0.2, 0) is 13.0 Å². The molecule has 3 heteroatoms. The molecule has 2 N–H and O–H groups in total. The Bertz CT molecular complexity index is 650. The molecule has 102 valence electrons. The second-order valence-corrected chi connectivity index (χ2v) is 5.11. The molecule has 2 aromatic carbocycles. The van der Waals surface area contributed by atoms with Gasteiger partial charge >= 0.3 is 0 Å². The Hall–Kier alpha value is -2.13. The van der Waals surface area contributed by atoms with Crippen LogP contribution in [0.2, 0.25) is 0 Å². The molecule has 1 aromatic heterocycles. The van der Waals surface area contributed by atoms with E-state index in [-0.39, 0.29) is 0 Å². The van der Waals surface area contributed by atoms with E-state index in [1.165, 1.54) is 11.1 Å². The summed E-state index contributed by atoms with van der Waals surface area (Å²) in [6, 6.07) is 16.8. The first-order valence-electron chi connectivity index (χ1n) is 7.01. The second-order valence-electron chi connectivity index (χ2n) is 5.11. The molecular formula is C17H19N3. The summed E-state index contributed by atoms with van der Waals surface area (Å²) in [5, 5.41) is 3.43. The van der Waals surface area contributed by atoms with Gasteiger partial charge in [0, 0.05) is 0 Å². The van der Waals surface area contributed by atoms with Crippen molar-refractivity contribution in [2.45, 2.75) is 19.9 Å². The van der Waals surface area contributed by atoms with E-state index in [9.17, 15) is 0 Å². The fourth-order valence-corrected chi connectivity index (χ4v) is 2.28. The molecule has 0 aliphatic carbocycles. The van der Waals surface area contributed by atoms with Crippen molar-refractivity contribution in [2.24, 2.45) is 0 Å². The van der Waals surface area contributed by atoms with E-state index in [4.69, 9.17) is 0 Å². The third-order valence-corrected chi connectivity index (χ3v) is 3.44. The molecule has 3 aromatic rings. The average molecular weight is 265 g/mol. The highest BCUT2D eigenvalue weighted by Gasteiger charge is 2.01. The van der Waals surface area contributed by atoms with Gasteiger partial charge in [0.2, 0.25) is 0 Å². The lowest BCUT2D eigenvalue weighted by Crippen LogP contribution is -2.17. The minimum absolute atomic E-state index is 0.778. The van der Waals surface area contributed by atoms with Crippen LogP contribution in [0.1, 0.15) is 17.0 Å². The summed E-state index contributed by atoms with van der Waals surface area (Å²) in [5.74, 6) is 0.995. The summed E-state index contributed by atoms with van der Waals surface area (Å²) < 4.78 is 0. The number of nitrogens with zero attached hydrogens (tertiary/aromatic N) is 1. The van der Waals surface area contributed by atoms with Crippen molar-refractivity contribution in [3.05, 3.63) is 65.5 Å². The molecule has 0 unspecified atom stereocenters. The zero-order chi connectivity index (χ0) is 13.8. The van der Waals surface area contributed by atoms with Crippen LogP contribution in [0.3, 0.4) is 0 Å². The van der Waals surface area contributed by atoms with Crippen LogP contribution in [0, 0.1) is 6.92 Å². The Labute approximate surface area is 119 Å². The van der Waals surface area contributed by atoms with Gasteiger partial charge in [-0.1, -0.05) is 42.0 Å². The van der Waals surface area contributed by atoms with Crippen LogP contribution < -0.4 is 5.32 Å². The molecule has 0 aliphatic heterocycles. The number of para-hydroxylation sites is 2. The van der Waals surface area contributed by atoms with Crippen molar-refractivity contribution in [3.63, 3.8) is 0 Å². The Morgan fingerprint density at radius 2 is 1.85 bits per heavy atom. The Morgan fingerprint density at radius 3 is 2.65 bits per heavy atom. The quantitative estimate of drug-likeness (QED) is 0.695. The number of rotatable bonds is 5. The first-order valence-corrected chi connectivity index (χ1v) is 7.01. The number of hydrogen-bond donors (Lipinski definition) is 2. The third kappa shape index (κ3) is 3.06. The minimum atomic E-state index is 0.778. The molecule has 20 heavy (non-hydrogen) atoms. The van der Waals surface area contributed by atoms with Crippen molar-refractivity contribution in [3.8, 4) is 0 Å². The lowest BCUT2D eigenvalue weighted by Gasteiger charge is -2.03. The predicted molar refractivity (Wildman–Crippen MR) is 82.7 cm³/mol. The molecular weight excluding hydrogens is 246 g/mol. The van der Waals surface area contributed by atoms with E-state index in [1.54, 1.807) is 0 Å². The summed E-state index contributed by atoms with van der Waals surface area (Å²) in [4.78, 5) is 7.88. The van der Waals surface area contributed by atoms with E-state index in [0.717, 1.165) is 36.4 Å². The summed E-state index contributed by atoms with van der Waals surface area (Å²) in [7, 11) is 0. The summed E-state index contributed by atoms with van der Waals surface area (Å²) in [5.41, 5.74) is 4.81. The van der Waals surface area contributed by atoms with Crippen molar-refractivity contribution in [2.75, 3.05) is 6.54 Å². The first-order chi connectivity index (χ1) is 9.81. The van der Waals surface area contributed by atoms with E-state index < -0.39 is 0 Å².